The molecule has 2 aromatic rings. The van der Waals surface area contributed by atoms with Crippen molar-refractivity contribution in [2.75, 3.05) is 0 Å². The van der Waals surface area contributed by atoms with E-state index in [0.717, 1.165) is 0 Å². The molecule has 0 unspecified atom stereocenters. The molecule has 21 heavy (non-hydrogen) atoms. The Morgan fingerprint density at radius 1 is 1.24 bits per heavy atom. The molecule has 0 aliphatic carbocycles. The molecule has 3 N–H and O–H groups in total. The molecular formula is C12H8IN3O5. The number of phenolic OH excluding ortho intramolecular Hbond substituents is 1. The Hall–Kier alpha value is -2.43. The zero-order valence-corrected chi connectivity index (χ0v) is 12.4. The zero-order valence-electron chi connectivity index (χ0n) is 10.3. The predicted molar refractivity (Wildman–Crippen MR) is 84.1 cm³/mol. The topological polar surface area (TPSA) is 129 Å². The number of benzene rings is 1. The van der Waals surface area contributed by atoms with Gasteiger partial charge in [0, 0.05) is 0 Å². The van der Waals surface area contributed by atoms with Gasteiger partial charge in [0.1, 0.15) is 11.4 Å². The summed E-state index contributed by atoms with van der Waals surface area (Å²) in [6.07, 6.45) is 2.75. The monoisotopic (exact) mass is 401 g/mol. The summed E-state index contributed by atoms with van der Waals surface area (Å²) in [4.78, 5) is 36.6. The van der Waals surface area contributed by atoms with Crippen LogP contribution in [0.2, 0.25) is 0 Å². The van der Waals surface area contributed by atoms with Crippen molar-refractivity contribution in [1.29, 1.82) is 0 Å². The maximum absolute atomic E-state index is 11.4. The third-order valence-corrected chi connectivity index (χ3v) is 3.41. The Labute approximate surface area is 130 Å². The first kappa shape index (κ1) is 15.0. The second kappa shape index (κ2) is 5.91. The minimum absolute atomic E-state index is 0.114. The normalized spacial score (nSPS) is 10.9. The second-order valence-electron chi connectivity index (χ2n) is 3.97. The number of nitrogens with zero attached hydrogens (tertiary/aromatic N) is 1. The van der Waals surface area contributed by atoms with Gasteiger partial charge in [0.2, 0.25) is 0 Å². The number of halogens is 1. The second-order valence-corrected chi connectivity index (χ2v) is 5.13. The van der Waals surface area contributed by atoms with E-state index in [4.69, 9.17) is 0 Å². The number of nitro groups is 1. The summed E-state index contributed by atoms with van der Waals surface area (Å²) < 4.78 is 0.601. The molecule has 0 amide bonds. The summed E-state index contributed by atoms with van der Waals surface area (Å²) in [5.74, 6) is 0.114. The van der Waals surface area contributed by atoms with Crippen LogP contribution in [0.3, 0.4) is 0 Å². The molecule has 0 atom stereocenters. The van der Waals surface area contributed by atoms with Crippen molar-refractivity contribution in [3.63, 3.8) is 0 Å². The molecule has 8 nitrogen and oxygen atoms in total. The fraction of sp³-hybridized carbons (Fsp3) is 0. The van der Waals surface area contributed by atoms with Gasteiger partial charge in [-0.2, -0.15) is 0 Å². The quantitative estimate of drug-likeness (QED) is 0.407. The van der Waals surface area contributed by atoms with Crippen molar-refractivity contribution in [2.45, 2.75) is 0 Å². The van der Waals surface area contributed by atoms with Crippen molar-refractivity contribution in [2.24, 2.45) is 0 Å². The van der Waals surface area contributed by atoms with E-state index in [9.17, 15) is 24.8 Å². The fourth-order valence-corrected chi connectivity index (χ4v) is 2.15. The van der Waals surface area contributed by atoms with Crippen LogP contribution in [0.4, 0.5) is 5.69 Å². The number of aromatic amines is 2. The van der Waals surface area contributed by atoms with Crippen LogP contribution in [-0.2, 0) is 0 Å². The lowest BCUT2D eigenvalue weighted by atomic mass is 10.2. The standard InChI is InChI=1S/C12H8IN3O5/c13-7-5-6(2-4-9(7)17)1-3-8-10(16(20)21)11(18)15-12(19)14-8/h1-5,17H,(H2,14,15,18,19)/b3-1+. The SMILES string of the molecule is O=c1[nH]c(/C=C/c2ccc(O)c(I)c2)c([N+](=O)[O-])c(=O)[nH]1. The number of aromatic nitrogens is 2. The lowest BCUT2D eigenvalue weighted by molar-refractivity contribution is -0.386. The van der Waals surface area contributed by atoms with Crippen LogP contribution in [0, 0.1) is 13.7 Å². The van der Waals surface area contributed by atoms with E-state index in [1.54, 1.807) is 17.1 Å². The molecule has 0 aliphatic rings. The van der Waals surface area contributed by atoms with E-state index < -0.39 is 21.9 Å². The van der Waals surface area contributed by atoms with E-state index in [1.807, 2.05) is 22.6 Å². The van der Waals surface area contributed by atoms with Crippen LogP contribution in [-0.4, -0.2) is 20.0 Å². The third kappa shape index (κ3) is 3.37. The van der Waals surface area contributed by atoms with Crippen molar-refractivity contribution >= 4 is 40.4 Å². The summed E-state index contributed by atoms with van der Waals surface area (Å²) in [6, 6.07) is 4.70. The van der Waals surface area contributed by atoms with Crippen LogP contribution in [0.1, 0.15) is 11.3 Å². The number of aromatic hydroxyl groups is 1. The van der Waals surface area contributed by atoms with Gasteiger partial charge >= 0.3 is 16.9 Å². The molecule has 0 saturated heterocycles. The van der Waals surface area contributed by atoms with E-state index in [2.05, 4.69) is 4.98 Å². The Morgan fingerprint density at radius 2 is 1.95 bits per heavy atom. The summed E-state index contributed by atoms with van der Waals surface area (Å²) in [7, 11) is 0. The van der Waals surface area contributed by atoms with E-state index in [-0.39, 0.29) is 11.4 Å². The first-order chi connectivity index (χ1) is 9.88. The van der Waals surface area contributed by atoms with E-state index >= 15 is 0 Å². The molecule has 0 saturated carbocycles. The summed E-state index contributed by atoms with van der Waals surface area (Å²) in [5, 5.41) is 20.3. The molecule has 0 bridgehead atoms. The molecule has 1 aromatic heterocycles. The van der Waals surface area contributed by atoms with E-state index in [1.165, 1.54) is 18.2 Å². The van der Waals surface area contributed by atoms with Gasteiger partial charge < -0.3 is 10.1 Å². The highest BCUT2D eigenvalue weighted by atomic mass is 127. The van der Waals surface area contributed by atoms with Crippen molar-refractivity contribution in [1.82, 2.24) is 9.97 Å². The number of hydrogen-bond acceptors (Lipinski definition) is 5. The minimum Gasteiger partial charge on any atom is -0.507 e. The molecule has 0 aliphatic heterocycles. The highest BCUT2D eigenvalue weighted by Crippen LogP contribution is 2.21. The van der Waals surface area contributed by atoms with Crippen LogP contribution in [0.25, 0.3) is 12.2 Å². The van der Waals surface area contributed by atoms with Crippen LogP contribution in [0.5, 0.6) is 5.75 Å². The lowest BCUT2D eigenvalue weighted by Gasteiger charge is -1.99. The van der Waals surface area contributed by atoms with Crippen molar-refractivity contribution in [3.05, 3.63) is 64.0 Å². The Balaban J connectivity index is 2.50. The predicted octanol–water partition coefficient (Wildman–Crippen LogP) is 1.45. The van der Waals surface area contributed by atoms with Gasteiger partial charge in [-0.05, 0) is 46.4 Å². The minimum atomic E-state index is -1.07. The summed E-state index contributed by atoms with van der Waals surface area (Å²) in [6.45, 7) is 0. The van der Waals surface area contributed by atoms with Gasteiger partial charge in [-0.25, -0.2) is 4.79 Å². The molecule has 2 rings (SSSR count). The fourth-order valence-electron chi connectivity index (χ4n) is 1.61. The van der Waals surface area contributed by atoms with Gasteiger partial charge in [-0.3, -0.25) is 19.9 Å². The molecule has 1 heterocycles. The number of H-pyrrole nitrogens is 2. The first-order valence-corrected chi connectivity index (χ1v) is 6.64. The summed E-state index contributed by atoms with van der Waals surface area (Å²) in [5.41, 5.74) is -2.18. The Bertz CT molecular complexity index is 853. The largest absolute Gasteiger partial charge is 0.507 e. The van der Waals surface area contributed by atoms with Crippen LogP contribution >= 0.6 is 22.6 Å². The Morgan fingerprint density at radius 3 is 2.57 bits per heavy atom. The molecular weight excluding hydrogens is 393 g/mol. The molecule has 0 radical (unpaired) electrons. The van der Waals surface area contributed by atoms with Gasteiger partial charge in [0.05, 0.1) is 8.49 Å². The number of hydrogen-bond donors (Lipinski definition) is 3. The first-order valence-electron chi connectivity index (χ1n) is 5.56. The average molecular weight is 401 g/mol. The van der Waals surface area contributed by atoms with E-state index in [0.29, 0.717) is 9.13 Å². The molecule has 0 spiro atoms. The molecule has 9 heteroatoms. The lowest BCUT2D eigenvalue weighted by Crippen LogP contribution is -2.25. The van der Waals surface area contributed by atoms with Crippen LogP contribution < -0.4 is 11.2 Å². The van der Waals surface area contributed by atoms with Crippen molar-refractivity contribution < 1.29 is 10.0 Å². The van der Waals surface area contributed by atoms with Gasteiger partial charge in [-0.1, -0.05) is 12.1 Å². The third-order valence-electron chi connectivity index (χ3n) is 2.54. The molecule has 108 valence electrons. The number of nitrogens with one attached hydrogen (secondary N) is 2. The molecule has 0 fully saturated rings. The van der Waals surface area contributed by atoms with Crippen molar-refractivity contribution in [3.8, 4) is 5.75 Å². The number of phenols is 1. The number of rotatable bonds is 3. The zero-order chi connectivity index (χ0) is 15.6. The van der Waals surface area contributed by atoms with Gasteiger partial charge in [0.25, 0.3) is 0 Å². The van der Waals surface area contributed by atoms with Gasteiger partial charge in [-0.15, -0.1) is 0 Å². The van der Waals surface area contributed by atoms with Crippen LogP contribution in [0.15, 0.2) is 27.8 Å². The maximum Gasteiger partial charge on any atom is 0.357 e. The maximum atomic E-state index is 11.4. The Kier molecular flexibility index (Phi) is 4.21. The smallest absolute Gasteiger partial charge is 0.357 e. The summed E-state index contributed by atoms with van der Waals surface area (Å²) >= 11 is 1.93. The highest BCUT2D eigenvalue weighted by Gasteiger charge is 2.18. The average Bonchev–Trinajstić information content (AvgIpc) is 2.38. The van der Waals surface area contributed by atoms with Gasteiger partial charge in [0.15, 0.2) is 0 Å². The highest BCUT2D eigenvalue weighted by molar-refractivity contribution is 14.1. The molecule has 1 aromatic carbocycles.